The molecule has 10 heteroatoms. The number of benzene rings is 3. The topological polar surface area (TPSA) is 116 Å². The van der Waals surface area contributed by atoms with Crippen molar-refractivity contribution < 1.29 is 23.9 Å². The molecular weight excluding hydrogens is 594 g/mol. The average Bonchev–Trinajstić information content (AvgIpc) is 3.61. The summed E-state index contributed by atoms with van der Waals surface area (Å²) in [4.78, 5) is 47.0. The van der Waals surface area contributed by atoms with E-state index in [0.29, 0.717) is 47.3 Å². The van der Waals surface area contributed by atoms with Crippen molar-refractivity contribution in [1.29, 1.82) is 0 Å². The van der Waals surface area contributed by atoms with Gasteiger partial charge in [-0.2, -0.15) is 0 Å². The van der Waals surface area contributed by atoms with E-state index >= 15 is 0 Å². The maximum atomic E-state index is 13.6. The molecule has 3 N–H and O–H groups in total. The van der Waals surface area contributed by atoms with E-state index in [2.05, 4.69) is 20.5 Å². The van der Waals surface area contributed by atoms with Gasteiger partial charge >= 0.3 is 6.03 Å². The van der Waals surface area contributed by atoms with E-state index in [4.69, 9.17) is 9.47 Å². The number of ketones is 1. The first-order chi connectivity index (χ1) is 22.9. The van der Waals surface area contributed by atoms with Gasteiger partial charge in [-0.25, -0.2) is 4.79 Å². The molecule has 47 heavy (non-hydrogen) atoms. The Labute approximate surface area is 273 Å². The number of urea groups is 1. The molecule has 0 atom stereocenters. The molecule has 0 unspecified atom stereocenters. The minimum absolute atomic E-state index is 0.0119. The number of allylic oxidation sites excluding steroid dienone is 1. The van der Waals surface area contributed by atoms with Crippen molar-refractivity contribution in [2.75, 3.05) is 51.0 Å². The molecule has 2 fully saturated rings. The van der Waals surface area contributed by atoms with Crippen LogP contribution in [0.15, 0.2) is 66.4 Å². The summed E-state index contributed by atoms with van der Waals surface area (Å²) in [5, 5.41) is 6.59. The lowest BCUT2D eigenvalue weighted by atomic mass is 9.85. The van der Waals surface area contributed by atoms with Crippen LogP contribution < -0.4 is 20.1 Å². The number of Topliss-reactive ketones (excluding diaryl/α,β-unsaturated/α-hetero) is 1. The van der Waals surface area contributed by atoms with Crippen LogP contribution in [0.4, 0.5) is 16.2 Å². The number of ether oxygens (including phenoxy) is 2. The van der Waals surface area contributed by atoms with Crippen LogP contribution in [0.2, 0.25) is 0 Å². The summed E-state index contributed by atoms with van der Waals surface area (Å²) in [6, 6.07) is 17.4. The van der Waals surface area contributed by atoms with Crippen molar-refractivity contribution in [3.63, 3.8) is 0 Å². The number of hydrogen-bond acceptors (Lipinski definition) is 6. The van der Waals surface area contributed by atoms with E-state index in [0.717, 1.165) is 53.8 Å². The van der Waals surface area contributed by atoms with Crippen molar-refractivity contribution in [3.8, 4) is 11.5 Å². The van der Waals surface area contributed by atoms with Crippen molar-refractivity contribution in [1.82, 2.24) is 14.8 Å². The Bertz CT molecular complexity index is 1860. The molecule has 242 valence electrons. The van der Waals surface area contributed by atoms with Crippen LogP contribution in [0.3, 0.4) is 0 Å². The van der Waals surface area contributed by atoms with Crippen LogP contribution in [0.1, 0.15) is 70.0 Å². The number of methoxy groups -OCH3 is 1. The minimum atomic E-state index is -0.463. The van der Waals surface area contributed by atoms with Gasteiger partial charge in [0.1, 0.15) is 11.5 Å². The Kier molecular flexibility index (Phi) is 8.43. The van der Waals surface area contributed by atoms with Gasteiger partial charge in [-0.15, -0.1) is 0 Å². The van der Waals surface area contributed by atoms with E-state index in [1.54, 1.807) is 49.6 Å². The summed E-state index contributed by atoms with van der Waals surface area (Å²) in [5.41, 5.74) is 5.06. The van der Waals surface area contributed by atoms with Crippen LogP contribution in [0, 0.1) is 0 Å². The highest BCUT2D eigenvalue weighted by Gasteiger charge is 2.30. The van der Waals surface area contributed by atoms with Gasteiger partial charge in [0, 0.05) is 65.3 Å². The summed E-state index contributed by atoms with van der Waals surface area (Å²) < 4.78 is 11.6. The van der Waals surface area contributed by atoms with Gasteiger partial charge in [-0.3, -0.25) is 9.59 Å². The Morgan fingerprint density at radius 2 is 1.64 bits per heavy atom. The summed E-state index contributed by atoms with van der Waals surface area (Å²) in [5.74, 6) is 1.57. The number of aromatic amines is 1. The fraction of sp³-hybridized carbons (Fsp3) is 0.324. The highest BCUT2D eigenvalue weighted by atomic mass is 16.5. The summed E-state index contributed by atoms with van der Waals surface area (Å²) in [7, 11) is 3.70. The summed E-state index contributed by atoms with van der Waals surface area (Å²) in [6.07, 6.45) is 7.67. The van der Waals surface area contributed by atoms with Crippen LogP contribution in [-0.2, 0) is 0 Å². The van der Waals surface area contributed by atoms with Gasteiger partial charge in [-0.05, 0) is 92.5 Å². The molecule has 3 amide bonds. The molecule has 4 aromatic rings. The van der Waals surface area contributed by atoms with Crippen molar-refractivity contribution in [2.45, 2.75) is 38.0 Å². The molecule has 10 nitrogen and oxygen atoms in total. The largest absolute Gasteiger partial charge is 0.497 e. The normalized spacial score (nSPS) is 17.9. The number of rotatable bonds is 6. The number of nitrogens with one attached hydrogen (secondary N) is 3. The lowest BCUT2D eigenvalue weighted by Gasteiger charge is -2.32. The van der Waals surface area contributed by atoms with Crippen molar-refractivity contribution >= 4 is 46.1 Å². The lowest BCUT2D eigenvalue weighted by molar-refractivity contribution is 0.0664. The highest BCUT2D eigenvalue weighted by Crippen LogP contribution is 2.40. The number of hydrogen-bond donors (Lipinski definition) is 3. The van der Waals surface area contributed by atoms with E-state index in [9.17, 15) is 14.4 Å². The first-order valence-electron chi connectivity index (χ1n) is 16.3. The first kappa shape index (κ1) is 30.6. The second-order valence-corrected chi connectivity index (χ2v) is 12.6. The number of likely N-dealkylation sites (N-methyl/N-ethyl adjacent to an activating group) is 1. The summed E-state index contributed by atoms with van der Waals surface area (Å²) >= 11 is 0. The Morgan fingerprint density at radius 1 is 0.915 bits per heavy atom. The van der Waals surface area contributed by atoms with Crippen LogP contribution >= 0.6 is 0 Å². The number of amides is 3. The number of fused-ring (bicyclic) bond motifs is 2. The number of aromatic nitrogens is 1. The fourth-order valence-corrected chi connectivity index (χ4v) is 6.79. The second-order valence-electron chi connectivity index (χ2n) is 12.6. The number of piperazine rings is 1. The van der Waals surface area contributed by atoms with Crippen molar-refractivity contribution in [3.05, 3.63) is 88.8 Å². The zero-order valence-electron chi connectivity index (χ0n) is 26.7. The molecule has 1 saturated heterocycles. The first-order valence-corrected chi connectivity index (χ1v) is 16.3. The molecule has 0 spiro atoms. The van der Waals surface area contributed by atoms with E-state index < -0.39 is 6.03 Å². The maximum absolute atomic E-state index is 13.6. The molecule has 3 heterocycles. The number of nitrogens with zero attached hydrogens (tertiary/aromatic N) is 2. The third kappa shape index (κ3) is 6.33. The third-order valence-electron chi connectivity index (χ3n) is 9.47. The maximum Gasteiger partial charge on any atom is 0.323 e. The van der Waals surface area contributed by atoms with Crippen LogP contribution in [-0.4, -0.2) is 72.8 Å². The minimum Gasteiger partial charge on any atom is -0.497 e. The number of anilines is 2. The zero-order valence-corrected chi connectivity index (χ0v) is 26.7. The zero-order chi connectivity index (χ0) is 32.5. The molecule has 2 aliphatic heterocycles. The standard InChI is InChI=1S/C37H39N5O5/c1-41-16-18-42(19-17-41)36(44)24-8-10-25(11-9-24)38-37(45)39-26-12-15-32-30(20-26)35(43)33(47-32)22-29-28-21-27(46-2)13-14-31(28)40-34(29)23-6-4-3-5-7-23/h8-15,20-23,40H,3-7,16-19H2,1-2H3,(H2,38,39,45). The molecule has 1 aromatic heterocycles. The van der Waals surface area contributed by atoms with Gasteiger partial charge in [-0.1, -0.05) is 19.3 Å². The van der Waals surface area contributed by atoms with Crippen LogP contribution in [0.5, 0.6) is 11.5 Å². The second kappa shape index (κ2) is 13.0. The highest BCUT2D eigenvalue weighted by molar-refractivity contribution is 6.16. The molecule has 3 aliphatic rings. The van der Waals surface area contributed by atoms with E-state index in [1.165, 1.54) is 19.3 Å². The molecule has 3 aromatic carbocycles. The predicted octanol–water partition coefficient (Wildman–Crippen LogP) is 6.87. The smallest absolute Gasteiger partial charge is 0.323 e. The number of carbonyl (C=O) groups is 3. The summed E-state index contributed by atoms with van der Waals surface area (Å²) in [6.45, 7) is 3.10. The predicted molar refractivity (Wildman–Crippen MR) is 183 cm³/mol. The van der Waals surface area contributed by atoms with E-state index in [-0.39, 0.29) is 17.4 Å². The third-order valence-corrected chi connectivity index (χ3v) is 9.47. The van der Waals surface area contributed by atoms with Crippen LogP contribution in [0.25, 0.3) is 17.0 Å². The molecule has 7 rings (SSSR count). The fourth-order valence-electron chi connectivity index (χ4n) is 6.79. The van der Waals surface area contributed by atoms with Crippen molar-refractivity contribution in [2.24, 2.45) is 0 Å². The molecule has 0 bridgehead atoms. The molecule has 1 aliphatic carbocycles. The Morgan fingerprint density at radius 3 is 2.38 bits per heavy atom. The lowest BCUT2D eigenvalue weighted by Crippen LogP contribution is -2.47. The number of carbonyl (C=O) groups excluding carboxylic acids is 3. The molecular formula is C37H39N5O5. The van der Waals surface area contributed by atoms with Gasteiger partial charge < -0.3 is 34.9 Å². The Hall–Kier alpha value is -5.09. The average molecular weight is 634 g/mol. The molecule has 1 saturated carbocycles. The number of H-pyrrole nitrogens is 1. The Balaban J connectivity index is 1.05. The van der Waals surface area contributed by atoms with E-state index in [1.807, 2.05) is 36.2 Å². The molecule has 0 radical (unpaired) electrons. The SMILES string of the molecule is COc1ccc2[nH]c(C3CCCCC3)c(C=C3Oc4ccc(NC(=O)Nc5ccc(C(=O)N6CCN(C)CC6)cc5)cc4C3=O)c2c1. The van der Waals surface area contributed by atoms with Gasteiger partial charge in [0.25, 0.3) is 5.91 Å². The monoisotopic (exact) mass is 633 g/mol. The van der Waals surface area contributed by atoms with Gasteiger partial charge in [0.05, 0.1) is 12.7 Å². The van der Waals surface area contributed by atoms with Gasteiger partial charge in [0.2, 0.25) is 5.78 Å². The van der Waals surface area contributed by atoms with Gasteiger partial charge in [0.15, 0.2) is 5.76 Å². The quantitative estimate of drug-likeness (QED) is 0.200.